The molecule has 0 spiro atoms. The molecule has 0 aromatic carbocycles. The summed E-state index contributed by atoms with van der Waals surface area (Å²) in [5.41, 5.74) is 0. The monoisotopic (exact) mass is 343 g/mol. The zero-order chi connectivity index (χ0) is 0. The molecule has 0 aromatic heterocycles. The predicted molar refractivity (Wildman–Crippen MR) is 27.9 cm³/mol. The molecule has 0 saturated carbocycles. The van der Waals surface area contributed by atoms with E-state index in [1.807, 2.05) is 0 Å². The van der Waals surface area contributed by atoms with E-state index in [4.69, 9.17) is 0 Å². The van der Waals surface area contributed by atoms with E-state index in [0.717, 1.165) is 0 Å². The van der Waals surface area contributed by atoms with Gasteiger partial charge in [-0.25, -0.2) is 0 Å². The van der Waals surface area contributed by atoms with Crippen LogP contribution in [0.3, 0.4) is 0 Å². The molecule has 0 amide bonds. The Hall–Kier alpha value is 3.88. The van der Waals surface area contributed by atoms with Crippen molar-refractivity contribution in [3.63, 3.8) is 0 Å². The van der Waals surface area contributed by atoms with Gasteiger partial charge in [-0.2, -0.15) is 0 Å². The van der Waals surface area contributed by atoms with Crippen LogP contribution in [-0.4, -0.2) is 58.4 Å². The Balaban J connectivity index is 0. The molecule has 0 aliphatic carbocycles. The molecule has 1 atom stereocenters. The fourth-order valence-electron chi connectivity index (χ4n) is 0. The molecule has 31 valence electrons. The molecule has 0 N–H and O–H groups in total. The van der Waals surface area contributed by atoms with Crippen molar-refractivity contribution >= 4 is 58.4 Å². The largest absolute Gasteiger partial charge is 2.00 e. The van der Waals surface area contributed by atoms with Gasteiger partial charge in [0.25, 0.3) is 0 Å². The Bertz CT molecular complexity index is 22.0. The minimum atomic E-state index is 0. The van der Waals surface area contributed by atoms with Crippen LogP contribution in [0.15, 0.2) is 0 Å². The zero-order valence-electron chi connectivity index (χ0n) is 5.00. The molecule has 1 unspecified atom stereocenters. The Morgan fingerprint density at radius 3 is 1.17 bits per heavy atom. The third kappa shape index (κ3) is 24.8. The standard InChI is InChI=1S/Al.AsH3.Mg.Mn.Zn.Zr.5H/h;1H3;;;;;;;;;/q;;+2;;;;;;;2*-1. The van der Waals surface area contributed by atoms with Gasteiger partial charge in [0.1, 0.15) is 0 Å². The summed E-state index contributed by atoms with van der Waals surface area (Å²) in [6.45, 7) is 0. The van der Waals surface area contributed by atoms with Crippen LogP contribution >= 0.6 is 0 Å². The minimum Gasteiger partial charge on any atom is -1.00 e. The second kappa shape index (κ2) is 36.6. The van der Waals surface area contributed by atoms with Crippen molar-refractivity contribution in [3.05, 3.63) is 0 Å². The van der Waals surface area contributed by atoms with Crippen LogP contribution in [0.25, 0.3) is 0 Å². The van der Waals surface area contributed by atoms with Gasteiger partial charge in [0.05, 0.1) is 0 Å². The number of hydrogen-bond acceptors (Lipinski definition) is 0. The van der Waals surface area contributed by atoms with Gasteiger partial charge in [0.15, 0.2) is 17.4 Å². The van der Waals surface area contributed by atoms with E-state index in [0.29, 0.717) is 0 Å². The molecular formula is H8AlAsMgMnZnZr. The van der Waals surface area contributed by atoms with Crippen LogP contribution in [0.4, 0.5) is 0 Å². The van der Waals surface area contributed by atoms with Crippen molar-refractivity contribution in [1.82, 2.24) is 0 Å². The molecular weight excluding hydrogens is 338 g/mol. The molecule has 0 aliphatic rings. The molecule has 1 radical (unpaired) electrons. The SMILES string of the molecule is [AlH3].[AsH3].[H-].[H-].[Mg+2].[Mn].[Zn].[Zr]. The van der Waals surface area contributed by atoms with Crippen molar-refractivity contribution < 1.29 is 65.6 Å². The van der Waals surface area contributed by atoms with Gasteiger partial charge in [-0.1, -0.05) is 0 Å². The van der Waals surface area contributed by atoms with Crippen molar-refractivity contribution in [1.29, 1.82) is 0 Å². The quantitative estimate of drug-likeness (QED) is 0.425. The number of rotatable bonds is 0. The average molecular weight is 346 g/mol. The summed E-state index contributed by atoms with van der Waals surface area (Å²) in [4.78, 5) is 0. The molecule has 6 heteroatoms. The second-order valence-corrected chi connectivity index (χ2v) is 0. The third-order valence-corrected chi connectivity index (χ3v) is 0. The topological polar surface area (TPSA) is 0 Å². The predicted octanol–water partition coefficient (Wildman–Crippen LogP) is -2.53. The third-order valence-electron chi connectivity index (χ3n) is 0. The maximum absolute atomic E-state index is 0. The Morgan fingerprint density at radius 1 is 1.17 bits per heavy atom. The molecule has 6 heavy (non-hydrogen) atoms. The maximum atomic E-state index is 0. The Labute approximate surface area is 122 Å². The van der Waals surface area contributed by atoms with Crippen LogP contribution < -0.4 is 0 Å². The van der Waals surface area contributed by atoms with E-state index >= 15 is 0 Å². The van der Waals surface area contributed by atoms with E-state index in [2.05, 4.69) is 0 Å². The van der Waals surface area contributed by atoms with Gasteiger partial charge in [0, 0.05) is 62.8 Å². The molecule has 0 rings (SSSR count). The minimum absolute atomic E-state index is 0. The van der Waals surface area contributed by atoms with Crippen molar-refractivity contribution in [2.45, 2.75) is 0 Å². The van der Waals surface area contributed by atoms with Crippen molar-refractivity contribution in [2.24, 2.45) is 0 Å². The van der Waals surface area contributed by atoms with Crippen LogP contribution in [0.2, 0.25) is 0 Å². The van der Waals surface area contributed by atoms with E-state index in [1.165, 1.54) is 0 Å². The summed E-state index contributed by atoms with van der Waals surface area (Å²) < 4.78 is 0. The summed E-state index contributed by atoms with van der Waals surface area (Å²) in [6, 6.07) is 0. The first-order chi connectivity index (χ1) is 0. The normalized spacial score (nSPS) is 0. The van der Waals surface area contributed by atoms with E-state index in [9.17, 15) is 0 Å². The van der Waals surface area contributed by atoms with Crippen LogP contribution in [-0.2, 0) is 62.8 Å². The Morgan fingerprint density at radius 2 is 1.17 bits per heavy atom. The molecule has 0 fully saturated rings. The van der Waals surface area contributed by atoms with Gasteiger partial charge in [-0.15, -0.1) is 0 Å². The molecule has 0 saturated heterocycles. The van der Waals surface area contributed by atoms with Gasteiger partial charge < -0.3 is 2.85 Å². The maximum Gasteiger partial charge on any atom is 2.00 e. The first kappa shape index (κ1) is 51.7. The van der Waals surface area contributed by atoms with Gasteiger partial charge in [0.2, 0.25) is 0 Å². The van der Waals surface area contributed by atoms with Crippen molar-refractivity contribution in [3.8, 4) is 0 Å². The molecule has 0 nitrogen and oxygen atoms in total. The van der Waals surface area contributed by atoms with E-state index in [-0.39, 0.29) is 124 Å². The Kier molecular flexibility index (Phi) is 316. The van der Waals surface area contributed by atoms with Crippen LogP contribution in [0.1, 0.15) is 2.85 Å². The average Bonchev–Trinajstić information content (AvgIpc) is 0. The fourth-order valence-corrected chi connectivity index (χ4v) is 0. The molecule has 0 aliphatic heterocycles. The second-order valence-electron chi connectivity index (χ2n) is 0. The number of hydrogen-bond donors (Lipinski definition) is 0. The summed E-state index contributed by atoms with van der Waals surface area (Å²) in [7, 11) is 0. The zero-order valence-corrected chi connectivity index (χ0v) is 14.0. The fraction of sp³-hybridized carbons (Fsp3) is 0. The molecule has 0 bridgehead atoms. The first-order valence-electron chi connectivity index (χ1n) is 0. The van der Waals surface area contributed by atoms with Crippen LogP contribution in [0.5, 0.6) is 0 Å². The van der Waals surface area contributed by atoms with Gasteiger partial charge in [-0.05, 0) is 0 Å². The summed E-state index contributed by atoms with van der Waals surface area (Å²) in [5, 5.41) is 0. The van der Waals surface area contributed by atoms with Crippen LogP contribution in [0, 0.1) is 0 Å². The molecule has 0 heterocycles. The molecule has 0 aromatic rings. The van der Waals surface area contributed by atoms with Gasteiger partial charge in [-0.3, -0.25) is 0 Å². The summed E-state index contributed by atoms with van der Waals surface area (Å²) in [5.74, 6) is 0. The van der Waals surface area contributed by atoms with E-state index in [1.54, 1.807) is 0 Å². The summed E-state index contributed by atoms with van der Waals surface area (Å²) in [6.07, 6.45) is 0. The van der Waals surface area contributed by atoms with Crippen molar-refractivity contribution in [2.75, 3.05) is 0 Å². The van der Waals surface area contributed by atoms with Gasteiger partial charge >= 0.3 is 41.0 Å². The smallest absolute Gasteiger partial charge is 1.00 e. The first-order valence-corrected chi connectivity index (χ1v) is 0. The summed E-state index contributed by atoms with van der Waals surface area (Å²) >= 11 is 0. The van der Waals surface area contributed by atoms with E-state index < -0.39 is 0 Å².